The highest BCUT2D eigenvalue weighted by Gasteiger charge is 2.38. The molecule has 4 aromatic rings. The standard InChI is InChI=1S/C24H26F2N6/c1-23(2)9-14(10-24(3,4)31-23)20-5-6-32-13-21(30-22(32)29-20)17-8-18(25)16(7-19(17)26)15-11-27-28-12-15/h5-8,11-14,31H,9-10H2,1-4H3,(H,27,28). The van der Waals surface area contributed by atoms with E-state index in [0.717, 1.165) is 18.5 Å². The number of H-pyrrole nitrogens is 1. The normalized spacial score (nSPS) is 18.3. The Labute approximate surface area is 185 Å². The molecule has 3 aromatic heterocycles. The van der Waals surface area contributed by atoms with Gasteiger partial charge in [0.1, 0.15) is 11.6 Å². The van der Waals surface area contributed by atoms with Crippen LogP contribution in [0.3, 0.4) is 0 Å². The maximum absolute atomic E-state index is 14.9. The van der Waals surface area contributed by atoms with Gasteiger partial charge in [-0.15, -0.1) is 0 Å². The largest absolute Gasteiger partial charge is 0.307 e. The number of nitrogens with one attached hydrogen (secondary N) is 2. The van der Waals surface area contributed by atoms with Crippen molar-refractivity contribution in [2.75, 3.05) is 0 Å². The molecule has 0 unspecified atom stereocenters. The maximum atomic E-state index is 14.9. The van der Waals surface area contributed by atoms with Crippen molar-refractivity contribution in [3.05, 3.63) is 60.3 Å². The van der Waals surface area contributed by atoms with E-state index in [-0.39, 0.29) is 28.1 Å². The number of piperidine rings is 1. The fourth-order valence-corrected chi connectivity index (χ4v) is 5.14. The van der Waals surface area contributed by atoms with Crippen LogP contribution in [-0.2, 0) is 0 Å². The minimum atomic E-state index is -0.548. The molecule has 166 valence electrons. The van der Waals surface area contributed by atoms with E-state index in [1.807, 2.05) is 12.3 Å². The molecule has 0 aliphatic carbocycles. The molecule has 1 saturated heterocycles. The van der Waals surface area contributed by atoms with E-state index < -0.39 is 11.6 Å². The zero-order chi connectivity index (χ0) is 22.7. The number of aromatic amines is 1. The Kier molecular flexibility index (Phi) is 4.67. The van der Waals surface area contributed by atoms with E-state index in [1.54, 1.807) is 10.6 Å². The second kappa shape index (κ2) is 7.20. The minimum absolute atomic E-state index is 0.00179. The first-order valence-electron chi connectivity index (χ1n) is 10.7. The van der Waals surface area contributed by atoms with Crippen molar-refractivity contribution in [2.45, 2.75) is 57.5 Å². The molecule has 6 nitrogen and oxygen atoms in total. The molecule has 0 saturated carbocycles. The molecule has 4 heterocycles. The molecule has 0 radical (unpaired) electrons. The van der Waals surface area contributed by atoms with E-state index >= 15 is 0 Å². The van der Waals surface area contributed by atoms with Crippen molar-refractivity contribution in [3.63, 3.8) is 0 Å². The van der Waals surface area contributed by atoms with Gasteiger partial charge in [-0.05, 0) is 58.7 Å². The number of nitrogens with zero attached hydrogens (tertiary/aromatic N) is 4. The Morgan fingerprint density at radius 1 is 1.00 bits per heavy atom. The summed E-state index contributed by atoms with van der Waals surface area (Å²) in [4.78, 5) is 9.30. The van der Waals surface area contributed by atoms with Gasteiger partial charge in [0.15, 0.2) is 0 Å². The summed E-state index contributed by atoms with van der Waals surface area (Å²) >= 11 is 0. The summed E-state index contributed by atoms with van der Waals surface area (Å²) in [5, 5.41) is 10.1. The highest BCUT2D eigenvalue weighted by atomic mass is 19.1. The topological polar surface area (TPSA) is 70.9 Å². The highest BCUT2D eigenvalue weighted by molar-refractivity contribution is 5.70. The van der Waals surface area contributed by atoms with Crippen molar-refractivity contribution in [1.29, 1.82) is 0 Å². The molecule has 1 aliphatic rings. The molecular formula is C24H26F2N6. The van der Waals surface area contributed by atoms with Crippen molar-refractivity contribution < 1.29 is 8.78 Å². The molecule has 5 rings (SSSR count). The molecule has 8 heteroatoms. The van der Waals surface area contributed by atoms with Crippen LogP contribution in [0.4, 0.5) is 8.78 Å². The number of benzene rings is 1. The van der Waals surface area contributed by atoms with Gasteiger partial charge in [0.05, 0.1) is 11.9 Å². The monoisotopic (exact) mass is 436 g/mol. The number of rotatable bonds is 3. The van der Waals surface area contributed by atoms with Crippen molar-refractivity contribution in [2.24, 2.45) is 0 Å². The first-order valence-corrected chi connectivity index (χ1v) is 10.7. The fourth-order valence-electron chi connectivity index (χ4n) is 5.14. The Bertz CT molecular complexity index is 1270. The molecule has 0 atom stereocenters. The van der Waals surface area contributed by atoms with Crippen LogP contribution in [0.15, 0.2) is 43.0 Å². The lowest BCUT2D eigenvalue weighted by Gasteiger charge is -2.46. The second-order valence-corrected chi connectivity index (χ2v) is 9.98. The van der Waals surface area contributed by atoms with Gasteiger partial charge in [0, 0.05) is 58.0 Å². The van der Waals surface area contributed by atoms with E-state index in [1.165, 1.54) is 24.5 Å². The average Bonchev–Trinajstić information content (AvgIpc) is 3.36. The highest BCUT2D eigenvalue weighted by Crippen LogP contribution is 2.38. The van der Waals surface area contributed by atoms with Crippen LogP contribution in [0.2, 0.25) is 0 Å². The summed E-state index contributed by atoms with van der Waals surface area (Å²) in [6, 6.07) is 4.36. The summed E-state index contributed by atoms with van der Waals surface area (Å²) in [6.07, 6.45) is 8.47. The first kappa shape index (κ1) is 20.8. The summed E-state index contributed by atoms with van der Waals surface area (Å²) in [5.74, 6) is -0.319. The first-order chi connectivity index (χ1) is 15.1. The van der Waals surface area contributed by atoms with Crippen molar-refractivity contribution >= 4 is 5.78 Å². The summed E-state index contributed by atoms with van der Waals surface area (Å²) in [7, 11) is 0. The molecule has 32 heavy (non-hydrogen) atoms. The third-order valence-corrected chi connectivity index (χ3v) is 6.10. The molecule has 1 aliphatic heterocycles. The molecule has 0 bridgehead atoms. The predicted molar refractivity (Wildman–Crippen MR) is 119 cm³/mol. The molecule has 1 fully saturated rings. The molecule has 1 aromatic carbocycles. The summed E-state index contributed by atoms with van der Waals surface area (Å²) in [5.41, 5.74) is 2.06. The SMILES string of the molecule is CC1(C)CC(c2ccn3cc(-c4cc(F)c(-c5cn[nH]c5)cc4F)nc3n2)CC(C)(C)N1. The number of aromatic nitrogens is 5. The van der Waals surface area contributed by atoms with Gasteiger partial charge >= 0.3 is 0 Å². The molecule has 0 amide bonds. The summed E-state index contributed by atoms with van der Waals surface area (Å²) in [6.45, 7) is 8.82. The van der Waals surface area contributed by atoms with Crippen molar-refractivity contribution in [1.82, 2.24) is 29.9 Å². The zero-order valence-corrected chi connectivity index (χ0v) is 18.6. The number of fused-ring (bicyclic) bond motifs is 1. The molecular weight excluding hydrogens is 410 g/mol. The Hall–Kier alpha value is -3.13. The van der Waals surface area contributed by atoms with Gasteiger partial charge in [0.25, 0.3) is 0 Å². The third-order valence-electron chi connectivity index (χ3n) is 6.10. The van der Waals surface area contributed by atoms with Gasteiger partial charge < -0.3 is 5.32 Å². The number of halogens is 2. The van der Waals surface area contributed by atoms with Crippen LogP contribution in [-0.4, -0.2) is 35.6 Å². The van der Waals surface area contributed by atoms with Gasteiger partial charge in [-0.25, -0.2) is 18.7 Å². The lowest BCUT2D eigenvalue weighted by molar-refractivity contribution is 0.160. The molecule has 2 N–H and O–H groups in total. The van der Waals surface area contributed by atoms with Gasteiger partial charge in [-0.1, -0.05) is 0 Å². The van der Waals surface area contributed by atoms with Gasteiger partial charge in [-0.3, -0.25) is 9.50 Å². The van der Waals surface area contributed by atoms with E-state index in [4.69, 9.17) is 4.98 Å². The van der Waals surface area contributed by atoms with Crippen LogP contribution in [0.5, 0.6) is 0 Å². The Morgan fingerprint density at radius 2 is 1.69 bits per heavy atom. The van der Waals surface area contributed by atoms with Crippen LogP contribution in [0.25, 0.3) is 28.2 Å². The number of hydrogen-bond donors (Lipinski definition) is 2. The lowest BCUT2D eigenvalue weighted by atomic mass is 9.74. The van der Waals surface area contributed by atoms with Gasteiger partial charge in [-0.2, -0.15) is 5.10 Å². The Morgan fingerprint density at radius 3 is 2.38 bits per heavy atom. The predicted octanol–water partition coefficient (Wildman–Crippen LogP) is 5.09. The minimum Gasteiger partial charge on any atom is -0.307 e. The third kappa shape index (κ3) is 3.79. The van der Waals surface area contributed by atoms with Gasteiger partial charge in [0.2, 0.25) is 5.78 Å². The van der Waals surface area contributed by atoms with E-state index in [0.29, 0.717) is 17.0 Å². The second-order valence-electron chi connectivity index (χ2n) is 9.98. The number of hydrogen-bond acceptors (Lipinski definition) is 4. The smallest absolute Gasteiger partial charge is 0.234 e. The van der Waals surface area contributed by atoms with Crippen LogP contribution in [0.1, 0.15) is 52.1 Å². The Balaban J connectivity index is 1.51. The average molecular weight is 437 g/mol. The number of imidazole rings is 1. The van der Waals surface area contributed by atoms with E-state index in [2.05, 4.69) is 48.2 Å². The maximum Gasteiger partial charge on any atom is 0.234 e. The quantitative estimate of drug-likeness (QED) is 0.469. The van der Waals surface area contributed by atoms with Crippen molar-refractivity contribution in [3.8, 4) is 22.4 Å². The van der Waals surface area contributed by atoms with Crippen LogP contribution < -0.4 is 5.32 Å². The van der Waals surface area contributed by atoms with Crippen LogP contribution >= 0.6 is 0 Å². The summed E-state index contributed by atoms with van der Waals surface area (Å²) < 4.78 is 31.4. The van der Waals surface area contributed by atoms with E-state index in [9.17, 15) is 8.78 Å². The fraction of sp³-hybridized carbons (Fsp3) is 0.375. The lowest BCUT2D eigenvalue weighted by Crippen LogP contribution is -2.57. The van der Waals surface area contributed by atoms with Crippen LogP contribution in [0, 0.1) is 11.6 Å². The zero-order valence-electron chi connectivity index (χ0n) is 18.6. The molecule has 0 spiro atoms.